The highest BCUT2D eigenvalue weighted by atomic mass is 19.1. The van der Waals surface area contributed by atoms with Crippen molar-refractivity contribution in [1.29, 1.82) is 0 Å². The molecule has 2 amide bonds. The molecule has 6 heteroatoms. The van der Waals surface area contributed by atoms with Crippen LogP contribution in [-0.2, 0) is 0 Å². The molecule has 0 bridgehead atoms. The van der Waals surface area contributed by atoms with Crippen LogP contribution >= 0.6 is 0 Å². The zero-order chi connectivity index (χ0) is 19.4. The van der Waals surface area contributed by atoms with Crippen LogP contribution in [0.15, 0.2) is 42.5 Å². The van der Waals surface area contributed by atoms with Crippen molar-refractivity contribution in [3.63, 3.8) is 0 Å². The smallest absolute Gasteiger partial charge is 0.253 e. The Balaban J connectivity index is 1.61. The number of piperazine rings is 1. The molecule has 1 heterocycles. The average Bonchev–Trinajstić information content (AvgIpc) is 2.69. The molecule has 0 radical (unpaired) electrons. The van der Waals surface area contributed by atoms with E-state index in [1.165, 1.54) is 24.3 Å². The summed E-state index contributed by atoms with van der Waals surface area (Å²) in [5.41, 5.74) is 2.00. The van der Waals surface area contributed by atoms with Crippen molar-refractivity contribution in [3.05, 3.63) is 65.0 Å². The third-order valence-electron chi connectivity index (χ3n) is 4.67. The molecule has 27 heavy (non-hydrogen) atoms. The lowest BCUT2D eigenvalue weighted by atomic mass is 10.1. The molecule has 0 atom stereocenters. The van der Waals surface area contributed by atoms with Gasteiger partial charge in [-0.1, -0.05) is 0 Å². The molecule has 5 nitrogen and oxygen atoms in total. The third-order valence-corrected chi connectivity index (χ3v) is 4.67. The van der Waals surface area contributed by atoms with Crippen molar-refractivity contribution < 1.29 is 18.7 Å². The maximum Gasteiger partial charge on any atom is 0.253 e. The fraction of sp³-hybridized carbons (Fsp3) is 0.333. The Morgan fingerprint density at radius 2 is 1.44 bits per heavy atom. The molecule has 1 saturated heterocycles. The van der Waals surface area contributed by atoms with E-state index in [9.17, 15) is 14.0 Å². The number of rotatable bonds is 4. The number of carbonyl (C=O) groups is 2. The molecule has 0 aromatic heterocycles. The second kappa shape index (κ2) is 8.20. The Bertz CT molecular complexity index is 828. The zero-order valence-electron chi connectivity index (χ0n) is 15.6. The lowest BCUT2D eigenvalue weighted by Crippen LogP contribution is -2.50. The van der Waals surface area contributed by atoms with Gasteiger partial charge in [-0.2, -0.15) is 0 Å². The molecule has 0 N–H and O–H groups in total. The first-order valence-corrected chi connectivity index (χ1v) is 9.07. The molecule has 142 valence electrons. The first-order valence-electron chi connectivity index (χ1n) is 9.07. The summed E-state index contributed by atoms with van der Waals surface area (Å²) in [6.07, 6.45) is 0. The third kappa shape index (κ3) is 4.27. The summed E-state index contributed by atoms with van der Waals surface area (Å²) in [7, 11) is 0. The van der Waals surface area contributed by atoms with Crippen LogP contribution in [0.3, 0.4) is 0 Å². The summed E-state index contributed by atoms with van der Waals surface area (Å²) in [5.74, 6) is 0.227. The van der Waals surface area contributed by atoms with Crippen molar-refractivity contribution in [2.24, 2.45) is 0 Å². The van der Waals surface area contributed by atoms with E-state index in [1.807, 2.05) is 26.0 Å². The minimum atomic E-state index is -0.368. The van der Waals surface area contributed by atoms with Crippen LogP contribution in [0.5, 0.6) is 5.75 Å². The Kier molecular flexibility index (Phi) is 5.74. The number of ether oxygens (including phenoxy) is 1. The topological polar surface area (TPSA) is 49.9 Å². The number of hydrogen-bond donors (Lipinski definition) is 0. The Morgan fingerprint density at radius 1 is 0.926 bits per heavy atom. The van der Waals surface area contributed by atoms with Crippen LogP contribution in [0.2, 0.25) is 0 Å². The maximum absolute atomic E-state index is 13.0. The number of amides is 2. The lowest BCUT2D eigenvalue weighted by molar-refractivity contribution is 0.0535. The summed E-state index contributed by atoms with van der Waals surface area (Å²) in [4.78, 5) is 28.7. The summed E-state index contributed by atoms with van der Waals surface area (Å²) in [5, 5.41) is 0. The fourth-order valence-corrected chi connectivity index (χ4v) is 3.17. The van der Waals surface area contributed by atoms with Gasteiger partial charge in [0, 0.05) is 37.3 Å². The van der Waals surface area contributed by atoms with Gasteiger partial charge in [-0.3, -0.25) is 9.59 Å². The molecule has 1 aliphatic heterocycles. The van der Waals surface area contributed by atoms with Crippen LogP contribution in [0.1, 0.15) is 33.2 Å². The molecule has 0 spiro atoms. The maximum atomic E-state index is 13.0. The number of halogens is 1. The van der Waals surface area contributed by atoms with E-state index in [0.717, 1.165) is 11.3 Å². The fourth-order valence-electron chi connectivity index (χ4n) is 3.17. The van der Waals surface area contributed by atoms with Gasteiger partial charge in [-0.25, -0.2) is 4.39 Å². The van der Waals surface area contributed by atoms with Crippen molar-refractivity contribution in [1.82, 2.24) is 9.80 Å². The highest BCUT2D eigenvalue weighted by Crippen LogP contribution is 2.21. The summed E-state index contributed by atoms with van der Waals surface area (Å²) in [6, 6.07) is 11.0. The minimum absolute atomic E-state index is 0.0463. The van der Waals surface area contributed by atoms with Crippen molar-refractivity contribution in [2.75, 3.05) is 32.8 Å². The second-order valence-corrected chi connectivity index (χ2v) is 6.50. The molecule has 1 aliphatic rings. The van der Waals surface area contributed by atoms with Crippen molar-refractivity contribution >= 4 is 11.8 Å². The number of nitrogens with zero attached hydrogens (tertiary/aromatic N) is 2. The van der Waals surface area contributed by atoms with E-state index in [1.54, 1.807) is 15.9 Å². The molecule has 0 unspecified atom stereocenters. The summed E-state index contributed by atoms with van der Waals surface area (Å²) < 4.78 is 18.5. The Hall–Kier alpha value is -2.89. The van der Waals surface area contributed by atoms with Gasteiger partial charge in [-0.15, -0.1) is 0 Å². The average molecular weight is 370 g/mol. The van der Waals surface area contributed by atoms with Gasteiger partial charge in [0.25, 0.3) is 11.8 Å². The van der Waals surface area contributed by atoms with E-state index in [2.05, 4.69) is 0 Å². The standard InChI is InChI=1S/C21H23FN2O3/c1-3-27-19-9-6-17(14-15(19)2)21(26)24-12-10-23(11-13-24)20(25)16-4-7-18(22)8-5-16/h4-9,14H,3,10-13H2,1-2H3. The van der Waals surface area contributed by atoms with Crippen LogP contribution in [-0.4, -0.2) is 54.4 Å². The monoisotopic (exact) mass is 370 g/mol. The van der Waals surface area contributed by atoms with Gasteiger partial charge in [0.2, 0.25) is 0 Å². The number of aryl methyl sites for hydroxylation is 1. The number of hydrogen-bond acceptors (Lipinski definition) is 3. The van der Waals surface area contributed by atoms with E-state index >= 15 is 0 Å². The van der Waals surface area contributed by atoms with E-state index in [-0.39, 0.29) is 17.6 Å². The van der Waals surface area contributed by atoms with Crippen LogP contribution in [0.25, 0.3) is 0 Å². The lowest BCUT2D eigenvalue weighted by Gasteiger charge is -2.35. The first kappa shape index (κ1) is 18.9. The second-order valence-electron chi connectivity index (χ2n) is 6.50. The van der Waals surface area contributed by atoms with Gasteiger partial charge in [0.1, 0.15) is 11.6 Å². The normalized spacial score (nSPS) is 14.2. The van der Waals surface area contributed by atoms with E-state index in [4.69, 9.17) is 4.74 Å². The Morgan fingerprint density at radius 3 is 1.96 bits per heavy atom. The molecule has 2 aromatic rings. The largest absolute Gasteiger partial charge is 0.494 e. The predicted molar refractivity (Wildman–Crippen MR) is 101 cm³/mol. The van der Waals surface area contributed by atoms with Gasteiger partial charge in [-0.05, 0) is 61.9 Å². The van der Waals surface area contributed by atoms with E-state index < -0.39 is 0 Å². The van der Waals surface area contributed by atoms with Gasteiger partial charge in [0.05, 0.1) is 6.61 Å². The van der Waals surface area contributed by atoms with E-state index in [0.29, 0.717) is 43.9 Å². The van der Waals surface area contributed by atoms with Gasteiger partial charge in [0.15, 0.2) is 0 Å². The molecular weight excluding hydrogens is 347 g/mol. The molecule has 3 rings (SSSR count). The molecule has 1 fully saturated rings. The molecule has 0 saturated carbocycles. The van der Waals surface area contributed by atoms with Crippen LogP contribution < -0.4 is 4.74 Å². The first-order chi connectivity index (χ1) is 13.0. The zero-order valence-corrected chi connectivity index (χ0v) is 15.6. The number of carbonyl (C=O) groups excluding carboxylic acids is 2. The predicted octanol–water partition coefficient (Wildman–Crippen LogP) is 3.13. The SMILES string of the molecule is CCOc1ccc(C(=O)N2CCN(C(=O)c3ccc(F)cc3)CC2)cc1C. The van der Waals surface area contributed by atoms with Crippen LogP contribution in [0.4, 0.5) is 4.39 Å². The van der Waals surface area contributed by atoms with Crippen molar-refractivity contribution in [3.8, 4) is 5.75 Å². The minimum Gasteiger partial charge on any atom is -0.494 e. The summed E-state index contributed by atoms with van der Waals surface area (Å²) in [6.45, 7) is 6.27. The van der Waals surface area contributed by atoms with Gasteiger partial charge < -0.3 is 14.5 Å². The quantitative estimate of drug-likeness (QED) is 0.831. The Labute approximate surface area is 158 Å². The van der Waals surface area contributed by atoms with Gasteiger partial charge >= 0.3 is 0 Å². The van der Waals surface area contributed by atoms with Crippen LogP contribution in [0, 0.1) is 12.7 Å². The highest BCUT2D eigenvalue weighted by molar-refractivity contribution is 5.96. The van der Waals surface area contributed by atoms with Crippen molar-refractivity contribution in [2.45, 2.75) is 13.8 Å². The molecule has 2 aromatic carbocycles. The highest BCUT2D eigenvalue weighted by Gasteiger charge is 2.25. The summed E-state index contributed by atoms with van der Waals surface area (Å²) >= 11 is 0. The number of benzene rings is 2. The molecule has 0 aliphatic carbocycles. The molecular formula is C21H23FN2O3.